The Bertz CT molecular complexity index is 605. The summed E-state index contributed by atoms with van der Waals surface area (Å²) in [7, 11) is 0. The molecule has 0 aliphatic carbocycles. The highest BCUT2D eigenvalue weighted by Crippen LogP contribution is 2.27. The lowest BCUT2D eigenvalue weighted by Gasteiger charge is -2.22. The van der Waals surface area contributed by atoms with Gasteiger partial charge in [0.2, 0.25) is 11.0 Å². The van der Waals surface area contributed by atoms with Crippen LogP contribution in [0.2, 0.25) is 0 Å². The largest absolute Gasteiger partial charge is 0.300 e. The van der Waals surface area contributed by atoms with E-state index in [1.165, 1.54) is 11.3 Å². The summed E-state index contributed by atoms with van der Waals surface area (Å²) in [5, 5.41) is 12.5. The SMILES string of the molecule is CC(C)c1nnc(NC(=O)C(C)(C)Cc2ccccc2)s1. The third-order valence-corrected chi connectivity index (χ3v) is 4.40. The summed E-state index contributed by atoms with van der Waals surface area (Å²) in [5.74, 6) is 0.295. The molecule has 112 valence electrons. The smallest absolute Gasteiger partial charge is 0.232 e. The fourth-order valence-corrected chi connectivity index (χ4v) is 2.71. The number of benzene rings is 1. The fourth-order valence-electron chi connectivity index (χ4n) is 1.97. The lowest BCUT2D eigenvalue weighted by atomic mass is 9.85. The molecule has 1 heterocycles. The maximum absolute atomic E-state index is 12.4. The summed E-state index contributed by atoms with van der Waals surface area (Å²) >= 11 is 1.44. The van der Waals surface area contributed by atoms with Crippen LogP contribution in [-0.4, -0.2) is 16.1 Å². The predicted molar refractivity (Wildman–Crippen MR) is 86.6 cm³/mol. The highest BCUT2D eigenvalue weighted by molar-refractivity contribution is 7.15. The quantitative estimate of drug-likeness (QED) is 0.912. The first-order chi connectivity index (χ1) is 9.88. The summed E-state index contributed by atoms with van der Waals surface area (Å²) in [6.45, 7) is 8.01. The van der Waals surface area contributed by atoms with Crippen LogP contribution in [0.15, 0.2) is 30.3 Å². The molecule has 0 saturated heterocycles. The summed E-state index contributed by atoms with van der Waals surface area (Å²) in [5.41, 5.74) is 0.656. The number of nitrogens with one attached hydrogen (secondary N) is 1. The van der Waals surface area contributed by atoms with Crippen LogP contribution in [0.3, 0.4) is 0 Å². The van der Waals surface area contributed by atoms with Gasteiger partial charge in [-0.1, -0.05) is 69.4 Å². The first-order valence-electron chi connectivity index (χ1n) is 7.07. The van der Waals surface area contributed by atoms with E-state index in [1.807, 2.05) is 44.2 Å². The number of carbonyl (C=O) groups excluding carboxylic acids is 1. The number of amides is 1. The van der Waals surface area contributed by atoms with Gasteiger partial charge in [-0.15, -0.1) is 10.2 Å². The first-order valence-corrected chi connectivity index (χ1v) is 7.89. The molecular formula is C16H21N3OS. The Hall–Kier alpha value is -1.75. The molecule has 0 aliphatic rings. The molecule has 0 aliphatic heterocycles. The molecule has 1 aromatic carbocycles. The van der Waals surface area contributed by atoms with Crippen molar-refractivity contribution < 1.29 is 4.79 Å². The Morgan fingerprint density at radius 2 is 1.90 bits per heavy atom. The Balaban J connectivity index is 2.03. The molecule has 0 unspecified atom stereocenters. The molecule has 0 atom stereocenters. The minimum absolute atomic E-state index is 0.0298. The minimum atomic E-state index is -0.495. The normalized spacial score (nSPS) is 11.7. The van der Waals surface area contributed by atoms with E-state index in [0.29, 0.717) is 17.5 Å². The number of hydrogen-bond donors (Lipinski definition) is 1. The lowest BCUT2D eigenvalue weighted by molar-refractivity contribution is -0.123. The van der Waals surface area contributed by atoms with Crippen molar-refractivity contribution in [1.29, 1.82) is 0 Å². The zero-order valence-electron chi connectivity index (χ0n) is 12.9. The maximum Gasteiger partial charge on any atom is 0.232 e. The third-order valence-electron chi connectivity index (χ3n) is 3.26. The third kappa shape index (κ3) is 4.11. The molecule has 5 heteroatoms. The number of anilines is 1. The Morgan fingerprint density at radius 3 is 2.48 bits per heavy atom. The van der Waals surface area contributed by atoms with E-state index in [1.54, 1.807) is 0 Å². The van der Waals surface area contributed by atoms with Crippen LogP contribution in [0.25, 0.3) is 0 Å². The lowest BCUT2D eigenvalue weighted by Crippen LogP contribution is -2.32. The molecule has 0 bridgehead atoms. The molecule has 2 rings (SSSR count). The molecule has 0 radical (unpaired) electrons. The Kier molecular flexibility index (Phi) is 4.73. The van der Waals surface area contributed by atoms with Gasteiger partial charge in [0.05, 0.1) is 0 Å². The summed E-state index contributed by atoms with van der Waals surface area (Å²) in [6, 6.07) is 10.0. The summed E-state index contributed by atoms with van der Waals surface area (Å²) < 4.78 is 0. The van der Waals surface area contributed by atoms with Crippen LogP contribution in [0.5, 0.6) is 0 Å². The van der Waals surface area contributed by atoms with Crippen molar-refractivity contribution in [3.63, 3.8) is 0 Å². The van der Waals surface area contributed by atoms with Gasteiger partial charge in [0, 0.05) is 11.3 Å². The summed E-state index contributed by atoms with van der Waals surface area (Å²) in [4.78, 5) is 12.4. The number of hydrogen-bond acceptors (Lipinski definition) is 4. The van der Waals surface area contributed by atoms with Gasteiger partial charge in [0.1, 0.15) is 5.01 Å². The van der Waals surface area contributed by atoms with E-state index in [0.717, 1.165) is 10.6 Å². The zero-order valence-corrected chi connectivity index (χ0v) is 13.7. The van der Waals surface area contributed by atoms with Crippen LogP contribution < -0.4 is 5.32 Å². The Morgan fingerprint density at radius 1 is 1.24 bits per heavy atom. The number of aromatic nitrogens is 2. The highest BCUT2D eigenvalue weighted by atomic mass is 32.1. The molecule has 2 aromatic rings. The fraction of sp³-hybridized carbons (Fsp3) is 0.438. The van der Waals surface area contributed by atoms with E-state index in [2.05, 4.69) is 29.4 Å². The van der Waals surface area contributed by atoms with Crippen molar-refractivity contribution in [3.8, 4) is 0 Å². The van der Waals surface area contributed by atoms with E-state index in [9.17, 15) is 4.79 Å². The van der Waals surface area contributed by atoms with Gasteiger partial charge in [-0.2, -0.15) is 0 Å². The first kappa shape index (κ1) is 15.6. The van der Waals surface area contributed by atoms with Gasteiger partial charge in [-0.3, -0.25) is 4.79 Å². The van der Waals surface area contributed by atoms with E-state index >= 15 is 0 Å². The van der Waals surface area contributed by atoms with Crippen LogP contribution in [0.4, 0.5) is 5.13 Å². The van der Waals surface area contributed by atoms with Crippen LogP contribution in [0.1, 0.15) is 44.2 Å². The average molecular weight is 303 g/mol. The second-order valence-electron chi connectivity index (χ2n) is 6.10. The van der Waals surface area contributed by atoms with E-state index in [-0.39, 0.29) is 5.91 Å². The molecule has 0 fully saturated rings. The molecule has 4 nitrogen and oxygen atoms in total. The van der Waals surface area contributed by atoms with Gasteiger partial charge in [0.25, 0.3) is 0 Å². The van der Waals surface area contributed by atoms with Gasteiger partial charge in [0.15, 0.2) is 0 Å². The van der Waals surface area contributed by atoms with Crippen LogP contribution in [0, 0.1) is 5.41 Å². The monoisotopic (exact) mass is 303 g/mol. The zero-order chi connectivity index (χ0) is 15.5. The molecule has 1 N–H and O–H groups in total. The van der Waals surface area contributed by atoms with Crippen molar-refractivity contribution in [1.82, 2.24) is 10.2 Å². The van der Waals surface area contributed by atoms with Crippen molar-refractivity contribution in [3.05, 3.63) is 40.9 Å². The molecule has 21 heavy (non-hydrogen) atoms. The van der Waals surface area contributed by atoms with Crippen LogP contribution in [-0.2, 0) is 11.2 Å². The highest BCUT2D eigenvalue weighted by Gasteiger charge is 2.28. The second kappa shape index (κ2) is 6.35. The van der Waals surface area contributed by atoms with Crippen LogP contribution >= 0.6 is 11.3 Å². The van der Waals surface area contributed by atoms with E-state index < -0.39 is 5.41 Å². The van der Waals surface area contributed by atoms with Gasteiger partial charge >= 0.3 is 0 Å². The Labute approximate surface area is 129 Å². The molecule has 0 saturated carbocycles. The minimum Gasteiger partial charge on any atom is -0.300 e. The maximum atomic E-state index is 12.4. The van der Waals surface area contributed by atoms with Crippen molar-refractivity contribution in [2.24, 2.45) is 5.41 Å². The number of nitrogens with zero attached hydrogens (tertiary/aromatic N) is 2. The number of rotatable bonds is 5. The summed E-state index contributed by atoms with van der Waals surface area (Å²) in [6.07, 6.45) is 0.690. The van der Waals surface area contributed by atoms with Gasteiger partial charge < -0.3 is 5.32 Å². The standard InChI is InChI=1S/C16H21N3OS/c1-11(2)13-18-19-15(21-13)17-14(20)16(3,4)10-12-8-6-5-7-9-12/h5-9,11H,10H2,1-4H3,(H,17,19,20). The molecular weight excluding hydrogens is 282 g/mol. The molecule has 0 spiro atoms. The average Bonchev–Trinajstić information content (AvgIpc) is 2.88. The van der Waals surface area contributed by atoms with Crippen molar-refractivity contribution >= 4 is 22.4 Å². The van der Waals surface area contributed by atoms with E-state index in [4.69, 9.17) is 0 Å². The van der Waals surface area contributed by atoms with Gasteiger partial charge in [-0.05, 0) is 12.0 Å². The predicted octanol–water partition coefficient (Wildman–Crippen LogP) is 3.87. The van der Waals surface area contributed by atoms with Crippen molar-refractivity contribution in [2.45, 2.75) is 40.0 Å². The van der Waals surface area contributed by atoms with Gasteiger partial charge in [-0.25, -0.2) is 0 Å². The number of carbonyl (C=O) groups is 1. The molecule has 1 amide bonds. The molecule has 1 aromatic heterocycles. The second-order valence-corrected chi connectivity index (χ2v) is 7.11. The topological polar surface area (TPSA) is 54.9 Å². The van der Waals surface area contributed by atoms with Crippen molar-refractivity contribution in [2.75, 3.05) is 5.32 Å².